The van der Waals surface area contributed by atoms with Crippen LogP contribution < -0.4 is 10.6 Å². The molecule has 0 bridgehead atoms. The summed E-state index contributed by atoms with van der Waals surface area (Å²) in [4.78, 5) is 24.0. The molecular formula is C12H16FN3O3. The topological polar surface area (TPSA) is 81.7 Å². The second kappa shape index (κ2) is 6.69. The molecule has 0 atom stereocenters. The zero-order valence-corrected chi connectivity index (χ0v) is 10.7. The van der Waals surface area contributed by atoms with Gasteiger partial charge in [0.1, 0.15) is 5.82 Å². The maximum Gasteiger partial charge on any atom is 0.335 e. The van der Waals surface area contributed by atoms with E-state index in [0.717, 1.165) is 6.07 Å². The lowest BCUT2D eigenvalue weighted by Crippen LogP contribution is -2.34. The molecule has 2 amide bonds. The third-order valence-corrected chi connectivity index (χ3v) is 2.31. The van der Waals surface area contributed by atoms with Crippen LogP contribution in [0.3, 0.4) is 0 Å². The molecule has 0 radical (unpaired) electrons. The maximum absolute atomic E-state index is 13.5. The van der Waals surface area contributed by atoms with E-state index in [1.54, 1.807) is 0 Å². The van der Waals surface area contributed by atoms with Gasteiger partial charge in [-0.15, -0.1) is 0 Å². The Morgan fingerprint density at radius 1 is 1.37 bits per heavy atom. The molecule has 0 aliphatic heterocycles. The molecule has 0 unspecified atom stereocenters. The molecule has 0 heterocycles. The van der Waals surface area contributed by atoms with Crippen molar-refractivity contribution in [2.24, 2.45) is 0 Å². The van der Waals surface area contributed by atoms with E-state index < -0.39 is 17.8 Å². The number of likely N-dealkylation sites (N-methyl/N-ethyl adjacent to an activating group) is 1. The van der Waals surface area contributed by atoms with Crippen LogP contribution in [0.4, 0.5) is 14.9 Å². The van der Waals surface area contributed by atoms with Crippen molar-refractivity contribution in [2.75, 3.05) is 32.5 Å². The van der Waals surface area contributed by atoms with Crippen LogP contribution in [0, 0.1) is 5.82 Å². The molecule has 6 nitrogen and oxygen atoms in total. The molecule has 1 aromatic rings. The summed E-state index contributed by atoms with van der Waals surface area (Å²) >= 11 is 0. The number of nitrogens with zero attached hydrogens (tertiary/aromatic N) is 1. The number of carboxylic acids is 1. The number of hydrogen-bond acceptors (Lipinski definition) is 3. The first-order valence-electron chi connectivity index (χ1n) is 5.62. The van der Waals surface area contributed by atoms with Gasteiger partial charge in [0.05, 0.1) is 11.3 Å². The number of carbonyl (C=O) groups excluding carboxylic acids is 1. The third-order valence-electron chi connectivity index (χ3n) is 2.31. The van der Waals surface area contributed by atoms with Crippen LogP contribution in [0.2, 0.25) is 0 Å². The number of amides is 2. The minimum absolute atomic E-state index is 0.0626. The Labute approximate surface area is 110 Å². The minimum atomic E-state index is -1.22. The molecule has 0 aliphatic carbocycles. The van der Waals surface area contributed by atoms with E-state index in [-0.39, 0.29) is 11.3 Å². The van der Waals surface area contributed by atoms with Gasteiger partial charge in [-0.3, -0.25) is 0 Å². The Balaban J connectivity index is 2.57. The largest absolute Gasteiger partial charge is 0.478 e. The summed E-state index contributed by atoms with van der Waals surface area (Å²) in [6.07, 6.45) is 0. The summed E-state index contributed by atoms with van der Waals surface area (Å²) in [6.45, 7) is 1.08. The van der Waals surface area contributed by atoms with E-state index in [4.69, 9.17) is 5.11 Å². The highest BCUT2D eigenvalue weighted by atomic mass is 19.1. The standard InChI is InChI=1S/C12H16FN3O3/c1-16(2)6-5-14-12(19)15-10-4-3-8(11(17)18)7-9(10)13/h3-4,7H,5-6H2,1-2H3,(H,17,18)(H2,14,15,19). The Morgan fingerprint density at radius 3 is 2.58 bits per heavy atom. The molecule has 7 heteroatoms. The highest BCUT2D eigenvalue weighted by Crippen LogP contribution is 2.15. The fraction of sp³-hybridized carbons (Fsp3) is 0.333. The van der Waals surface area contributed by atoms with E-state index in [1.165, 1.54) is 12.1 Å². The van der Waals surface area contributed by atoms with Crippen molar-refractivity contribution in [1.29, 1.82) is 0 Å². The number of anilines is 1. The van der Waals surface area contributed by atoms with Crippen LogP contribution >= 0.6 is 0 Å². The molecule has 19 heavy (non-hydrogen) atoms. The third kappa shape index (κ3) is 4.92. The van der Waals surface area contributed by atoms with Crippen molar-refractivity contribution >= 4 is 17.7 Å². The van der Waals surface area contributed by atoms with Gasteiger partial charge < -0.3 is 20.6 Å². The molecule has 0 aliphatic rings. The molecule has 0 fully saturated rings. The van der Waals surface area contributed by atoms with Crippen molar-refractivity contribution in [2.45, 2.75) is 0 Å². The van der Waals surface area contributed by atoms with E-state index >= 15 is 0 Å². The number of halogens is 1. The molecule has 0 spiro atoms. The van der Waals surface area contributed by atoms with Crippen molar-refractivity contribution < 1.29 is 19.1 Å². The maximum atomic E-state index is 13.5. The predicted molar refractivity (Wildman–Crippen MR) is 68.9 cm³/mol. The van der Waals surface area contributed by atoms with Crippen molar-refractivity contribution in [3.8, 4) is 0 Å². The van der Waals surface area contributed by atoms with E-state index in [1.807, 2.05) is 19.0 Å². The summed E-state index contributed by atoms with van der Waals surface area (Å²) in [5.41, 5.74) is -0.233. The van der Waals surface area contributed by atoms with Crippen LogP contribution in [0.25, 0.3) is 0 Å². The lowest BCUT2D eigenvalue weighted by molar-refractivity contribution is 0.0696. The van der Waals surface area contributed by atoms with Crippen LogP contribution in [0.5, 0.6) is 0 Å². The number of urea groups is 1. The van der Waals surface area contributed by atoms with Gasteiger partial charge in [0.2, 0.25) is 0 Å². The quantitative estimate of drug-likeness (QED) is 0.750. The number of carbonyl (C=O) groups is 2. The van der Waals surface area contributed by atoms with Crippen molar-refractivity contribution in [3.05, 3.63) is 29.6 Å². The monoisotopic (exact) mass is 269 g/mol. The average molecular weight is 269 g/mol. The molecule has 104 valence electrons. The lowest BCUT2D eigenvalue weighted by atomic mass is 10.2. The smallest absolute Gasteiger partial charge is 0.335 e. The van der Waals surface area contributed by atoms with E-state index in [0.29, 0.717) is 13.1 Å². The Kier molecular flexibility index (Phi) is 5.25. The van der Waals surface area contributed by atoms with Gasteiger partial charge in [-0.2, -0.15) is 0 Å². The van der Waals surface area contributed by atoms with Crippen LogP contribution in [0.15, 0.2) is 18.2 Å². The van der Waals surface area contributed by atoms with Gasteiger partial charge in [0, 0.05) is 13.1 Å². The fourth-order valence-corrected chi connectivity index (χ4v) is 1.31. The number of carboxylic acid groups (broad SMARTS) is 1. The Hall–Kier alpha value is -2.15. The highest BCUT2D eigenvalue weighted by molar-refractivity contribution is 5.91. The zero-order chi connectivity index (χ0) is 14.4. The molecular weight excluding hydrogens is 253 g/mol. The first-order valence-corrected chi connectivity index (χ1v) is 5.62. The Bertz CT molecular complexity index is 477. The summed E-state index contributed by atoms with van der Waals surface area (Å²) in [5, 5.41) is 13.5. The summed E-state index contributed by atoms with van der Waals surface area (Å²) in [6, 6.07) is 2.76. The number of rotatable bonds is 5. The molecule has 0 saturated carbocycles. The predicted octanol–water partition coefficient (Wildman–Crippen LogP) is 1.21. The van der Waals surface area contributed by atoms with Gasteiger partial charge in [0.25, 0.3) is 0 Å². The average Bonchev–Trinajstić information content (AvgIpc) is 2.31. The van der Waals surface area contributed by atoms with Gasteiger partial charge in [0.15, 0.2) is 0 Å². The second-order valence-corrected chi connectivity index (χ2v) is 4.18. The highest BCUT2D eigenvalue weighted by Gasteiger charge is 2.10. The molecule has 3 N–H and O–H groups in total. The summed E-state index contributed by atoms with van der Waals surface area (Å²) in [7, 11) is 3.73. The second-order valence-electron chi connectivity index (χ2n) is 4.18. The fourth-order valence-electron chi connectivity index (χ4n) is 1.31. The molecule has 1 rings (SSSR count). The van der Waals surface area contributed by atoms with E-state index in [9.17, 15) is 14.0 Å². The van der Waals surface area contributed by atoms with Crippen LogP contribution in [-0.2, 0) is 0 Å². The van der Waals surface area contributed by atoms with Gasteiger partial charge in [-0.1, -0.05) is 0 Å². The molecule has 0 saturated heterocycles. The first kappa shape index (κ1) is 14.9. The van der Waals surface area contributed by atoms with Crippen molar-refractivity contribution in [3.63, 3.8) is 0 Å². The van der Waals surface area contributed by atoms with Gasteiger partial charge in [-0.05, 0) is 32.3 Å². The van der Waals surface area contributed by atoms with Gasteiger partial charge >= 0.3 is 12.0 Å². The lowest BCUT2D eigenvalue weighted by Gasteiger charge is -2.11. The minimum Gasteiger partial charge on any atom is -0.478 e. The Morgan fingerprint density at radius 2 is 2.05 bits per heavy atom. The molecule has 0 aromatic heterocycles. The van der Waals surface area contributed by atoms with Crippen LogP contribution in [-0.4, -0.2) is 49.2 Å². The van der Waals surface area contributed by atoms with Gasteiger partial charge in [-0.25, -0.2) is 14.0 Å². The number of benzene rings is 1. The first-order chi connectivity index (χ1) is 8.90. The number of hydrogen-bond donors (Lipinski definition) is 3. The van der Waals surface area contributed by atoms with E-state index in [2.05, 4.69) is 10.6 Å². The van der Waals surface area contributed by atoms with Crippen molar-refractivity contribution in [1.82, 2.24) is 10.2 Å². The van der Waals surface area contributed by atoms with Crippen LogP contribution in [0.1, 0.15) is 10.4 Å². The summed E-state index contributed by atoms with van der Waals surface area (Å²) < 4.78 is 13.5. The molecule has 1 aromatic carbocycles. The number of nitrogens with one attached hydrogen (secondary N) is 2. The zero-order valence-electron chi connectivity index (χ0n) is 10.7. The SMILES string of the molecule is CN(C)CCNC(=O)Nc1ccc(C(=O)O)cc1F. The summed E-state index contributed by atoms with van der Waals surface area (Å²) in [5.74, 6) is -2.01. The normalized spacial score (nSPS) is 10.3. The number of aromatic carboxylic acids is 1.